The number of nitrogens with zero attached hydrogens (tertiary/aromatic N) is 3. The first-order valence-electron chi connectivity index (χ1n) is 8.29. The smallest absolute Gasteiger partial charge is 0.217 e. The maximum Gasteiger partial charge on any atom is 0.217 e. The van der Waals surface area contributed by atoms with E-state index < -0.39 is 0 Å². The molecule has 0 fully saturated rings. The normalized spacial score (nSPS) is 11.3. The average molecular weight is 383 g/mol. The highest BCUT2D eigenvalue weighted by Gasteiger charge is 2.14. The van der Waals surface area contributed by atoms with E-state index in [-0.39, 0.29) is 5.78 Å². The minimum Gasteiger partial charge on any atom is -0.494 e. The second-order valence-corrected chi connectivity index (χ2v) is 7.72. The molecule has 2 heterocycles. The van der Waals surface area contributed by atoms with Gasteiger partial charge in [-0.15, -0.1) is 10.2 Å². The fourth-order valence-corrected chi connectivity index (χ4v) is 4.74. The zero-order valence-electron chi connectivity index (χ0n) is 14.4. The van der Waals surface area contributed by atoms with Crippen LogP contribution in [0.5, 0.6) is 5.75 Å². The van der Waals surface area contributed by atoms with Crippen molar-refractivity contribution < 1.29 is 9.53 Å². The molecule has 0 saturated heterocycles. The molecule has 0 spiro atoms. The highest BCUT2D eigenvalue weighted by atomic mass is 32.2. The molecule has 4 aromatic rings. The van der Waals surface area contributed by atoms with Crippen LogP contribution < -0.4 is 4.74 Å². The van der Waals surface area contributed by atoms with Crippen molar-refractivity contribution in [1.82, 2.24) is 14.6 Å². The van der Waals surface area contributed by atoms with Crippen molar-refractivity contribution in [2.75, 3.05) is 6.61 Å². The van der Waals surface area contributed by atoms with E-state index in [1.807, 2.05) is 37.3 Å². The van der Waals surface area contributed by atoms with E-state index in [9.17, 15) is 4.79 Å². The van der Waals surface area contributed by atoms with Crippen LogP contribution in [0.3, 0.4) is 0 Å². The zero-order chi connectivity index (χ0) is 18.1. The van der Waals surface area contributed by atoms with Crippen LogP contribution in [0.2, 0.25) is 0 Å². The topological polar surface area (TPSA) is 56.5 Å². The van der Waals surface area contributed by atoms with E-state index in [0.29, 0.717) is 17.9 Å². The van der Waals surface area contributed by atoms with Crippen molar-refractivity contribution in [2.45, 2.75) is 24.8 Å². The van der Waals surface area contributed by atoms with Gasteiger partial charge in [0.15, 0.2) is 10.9 Å². The SMILES string of the molecule is CCOc1ccc(C(C)=O)cc1CSc1nnc2sc3ccccc3n12. The first-order valence-corrected chi connectivity index (χ1v) is 10.1. The van der Waals surface area contributed by atoms with Crippen LogP contribution in [0.4, 0.5) is 0 Å². The molecule has 0 saturated carbocycles. The summed E-state index contributed by atoms with van der Waals surface area (Å²) in [4.78, 5) is 12.6. The van der Waals surface area contributed by atoms with Gasteiger partial charge in [-0.2, -0.15) is 0 Å². The highest BCUT2D eigenvalue weighted by molar-refractivity contribution is 7.98. The predicted octanol–water partition coefficient (Wildman–Crippen LogP) is 4.84. The van der Waals surface area contributed by atoms with E-state index in [1.165, 1.54) is 4.70 Å². The number of hydrogen-bond donors (Lipinski definition) is 0. The molecule has 0 N–H and O–H groups in total. The number of para-hydroxylation sites is 1. The first kappa shape index (κ1) is 17.1. The molecule has 0 aliphatic rings. The van der Waals surface area contributed by atoms with Gasteiger partial charge in [0, 0.05) is 16.9 Å². The quantitative estimate of drug-likeness (QED) is 0.352. The number of Topliss-reactive ketones (excluding diaryl/α,β-unsaturated/α-hetero) is 1. The molecular formula is C19H17N3O2S2. The number of aromatic nitrogens is 3. The minimum absolute atomic E-state index is 0.0491. The maximum atomic E-state index is 11.7. The summed E-state index contributed by atoms with van der Waals surface area (Å²) in [6.45, 7) is 4.11. The number of carbonyl (C=O) groups is 1. The molecule has 26 heavy (non-hydrogen) atoms. The lowest BCUT2D eigenvalue weighted by Crippen LogP contribution is -2.00. The van der Waals surface area contributed by atoms with Crippen LogP contribution in [0.15, 0.2) is 47.6 Å². The summed E-state index contributed by atoms with van der Waals surface area (Å²) < 4.78 is 8.99. The Morgan fingerprint density at radius 1 is 1.23 bits per heavy atom. The number of fused-ring (bicyclic) bond motifs is 3. The molecule has 2 aromatic carbocycles. The Kier molecular flexibility index (Phi) is 4.65. The fraction of sp³-hybridized carbons (Fsp3) is 0.211. The van der Waals surface area contributed by atoms with E-state index in [1.54, 1.807) is 30.0 Å². The average Bonchev–Trinajstić information content (AvgIpc) is 3.20. The summed E-state index contributed by atoms with van der Waals surface area (Å²) >= 11 is 3.22. The van der Waals surface area contributed by atoms with Crippen LogP contribution in [0, 0.1) is 0 Å². The second-order valence-electron chi connectivity index (χ2n) is 5.77. The predicted molar refractivity (Wildman–Crippen MR) is 106 cm³/mol. The summed E-state index contributed by atoms with van der Waals surface area (Å²) in [6.07, 6.45) is 0. The van der Waals surface area contributed by atoms with Gasteiger partial charge in [-0.3, -0.25) is 9.20 Å². The summed E-state index contributed by atoms with van der Waals surface area (Å²) in [5, 5.41) is 9.47. The van der Waals surface area contributed by atoms with Crippen LogP contribution in [0.1, 0.15) is 29.8 Å². The van der Waals surface area contributed by atoms with Crippen LogP contribution in [0.25, 0.3) is 15.2 Å². The Bertz CT molecular complexity index is 1100. The summed E-state index contributed by atoms with van der Waals surface area (Å²) in [6, 6.07) is 13.8. The Hall–Kier alpha value is -2.38. The molecule has 7 heteroatoms. The monoisotopic (exact) mass is 383 g/mol. The molecule has 2 aromatic heterocycles. The van der Waals surface area contributed by atoms with Crippen molar-refractivity contribution >= 4 is 44.1 Å². The molecule has 0 unspecified atom stereocenters. The van der Waals surface area contributed by atoms with E-state index >= 15 is 0 Å². The van der Waals surface area contributed by atoms with Gasteiger partial charge in [0.25, 0.3) is 0 Å². The van der Waals surface area contributed by atoms with E-state index in [2.05, 4.69) is 26.7 Å². The molecule has 0 atom stereocenters. The molecular weight excluding hydrogens is 366 g/mol. The Morgan fingerprint density at radius 3 is 2.88 bits per heavy atom. The lowest BCUT2D eigenvalue weighted by molar-refractivity contribution is 0.101. The number of hydrogen-bond acceptors (Lipinski definition) is 6. The zero-order valence-corrected chi connectivity index (χ0v) is 16.1. The number of rotatable bonds is 6. The van der Waals surface area contributed by atoms with Crippen LogP contribution in [-0.4, -0.2) is 27.0 Å². The third kappa shape index (κ3) is 3.08. The largest absolute Gasteiger partial charge is 0.494 e. The Balaban J connectivity index is 1.67. The van der Waals surface area contributed by atoms with E-state index in [0.717, 1.165) is 26.9 Å². The van der Waals surface area contributed by atoms with E-state index in [4.69, 9.17) is 4.74 Å². The molecule has 132 valence electrons. The number of ether oxygens (including phenoxy) is 1. The lowest BCUT2D eigenvalue weighted by Gasteiger charge is -2.11. The third-order valence-electron chi connectivity index (χ3n) is 4.03. The highest BCUT2D eigenvalue weighted by Crippen LogP contribution is 2.32. The maximum absolute atomic E-state index is 11.7. The van der Waals surface area contributed by atoms with Crippen LogP contribution >= 0.6 is 23.1 Å². The third-order valence-corrected chi connectivity index (χ3v) is 6.02. The van der Waals surface area contributed by atoms with Gasteiger partial charge in [0.2, 0.25) is 4.96 Å². The number of benzene rings is 2. The van der Waals surface area contributed by atoms with Gasteiger partial charge in [-0.25, -0.2) is 0 Å². The standard InChI is InChI=1S/C19H17N3O2S2/c1-3-24-16-9-8-13(12(2)23)10-14(16)11-25-18-20-21-19-22(18)15-6-4-5-7-17(15)26-19/h4-10H,3,11H2,1-2H3. The van der Waals surface area contributed by atoms with Gasteiger partial charge in [0.05, 0.1) is 16.8 Å². The van der Waals surface area contributed by atoms with Crippen molar-refractivity contribution in [3.05, 3.63) is 53.6 Å². The Morgan fingerprint density at radius 2 is 2.08 bits per heavy atom. The van der Waals surface area contributed by atoms with Gasteiger partial charge >= 0.3 is 0 Å². The van der Waals surface area contributed by atoms with Crippen LogP contribution in [-0.2, 0) is 5.75 Å². The number of thiazole rings is 1. The molecule has 0 radical (unpaired) electrons. The molecule has 0 amide bonds. The molecule has 0 bridgehead atoms. The molecule has 5 nitrogen and oxygen atoms in total. The van der Waals surface area contributed by atoms with Crippen molar-refractivity contribution in [3.63, 3.8) is 0 Å². The Labute approximate surface area is 159 Å². The second kappa shape index (κ2) is 7.09. The molecule has 0 aliphatic heterocycles. The van der Waals surface area contributed by atoms with Gasteiger partial charge in [-0.1, -0.05) is 35.2 Å². The summed E-state index contributed by atoms with van der Waals surface area (Å²) in [7, 11) is 0. The van der Waals surface area contributed by atoms with Gasteiger partial charge in [-0.05, 0) is 44.2 Å². The number of thioether (sulfide) groups is 1. The van der Waals surface area contributed by atoms with Crippen molar-refractivity contribution in [2.24, 2.45) is 0 Å². The van der Waals surface area contributed by atoms with Crippen molar-refractivity contribution in [1.29, 1.82) is 0 Å². The first-order chi connectivity index (χ1) is 12.7. The van der Waals surface area contributed by atoms with Gasteiger partial charge < -0.3 is 4.74 Å². The molecule has 0 aliphatic carbocycles. The number of carbonyl (C=O) groups excluding carboxylic acids is 1. The summed E-state index contributed by atoms with van der Waals surface area (Å²) in [5.74, 6) is 1.51. The molecule has 4 rings (SSSR count). The van der Waals surface area contributed by atoms with Crippen molar-refractivity contribution in [3.8, 4) is 5.75 Å². The number of ketones is 1. The fourth-order valence-electron chi connectivity index (χ4n) is 2.80. The summed E-state index contributed by atoms with van der Waals surface area (Å²) in [5.41, 5.74) is 2.79. The lowest BCUT2D eigenvalue weighted by atomic mass is 10.1. The minimum atomic E-state index is 0.0491. The van der Waals surface area contributed by atoms with Gasteiger partial charge in [0.1, 0.15) is 5.75 Å².